The fourth-order valence-electron chi connectivity index (χ4n) is 5.16. The molecule has 4 rings (SSSR count). The smallest absolute Gasteiger partial charge is 0.0774 e. The third-order valence-corrected chi connectivity index (χ3v) is 6.87. The van der Waals surface area contributed by atoms with Crippen LogP contribution in [0.3, 0.4) is 0 Å². The Balaban J connectivity index is 1.62. The summed E-state index contributed by atoms with van der Waals surface area (Å²) < 4.78 is 0. The minimum Gasteiger partial charge on any atom is -0.312 e. The molecule has 0 radical (unpaired) electrons. The first-order valence-electron chi connectivity index (χ1n) is 10.7. The summed E-state index contributed by atoms with van der Waals surface area (Å²) in [5.41, 5.74) is 6.96. The summed E-state index contributed by atoms with van der Waals surface area (Å²) in [4.78, 5) is 4.24. The van der Waals surface area contributed by atoms with Gasteiger partial charge in [0, 0.05) is 29.5 Å². The number of hydrazone groups is 1. The molecule has 2 aliphatic rings. The predicted octanol–water partition coefficient (Wildman–Crippen LogP) is 5.14. The minimum atomic E-state index is -0.112. The van der Waals surface area contributed by atoms with Gasteiger partial charge in [-0.3, -0.25) is 4.98 Å². The van der Waals surface area contributed by atoms with Crippen LogP contribution in [0.1, 0.15) is 63.5 Å². The summed E-state index contributed by atoms with van der Waals surface area (Å²) in [5.74, 6) is 0.755. The molecule has 2 unspecified atom stereocenters. The zero-order valence-electron chi connectivity index (χ0n) is 17.5. The summed E-state index contributed by atoms with van der Waals surface area (Å²) in [5, 5.41) is 9.34. The van der Waals surface area contributed by atoms with Gasteiger partial charge < -0.3 is 10.7 Å². The first-order chi connectivity index (χ1) is 14.0. The van der Waals surface area contributed by atoms with Gasteiger partial charge in [0.25, 0.3) is 0 Å². The van der Waals surface area contributed by atoms with Crippen molar-refractivity contribution < 1.29 is 0 Å². The van der Waals surface area contributed by atoms with Crippen molar-refractivity contribution in [3.05, 3.63) is 64.9 Å². The number of benzene rings is 1. The Labute approximate surface area is 179 Å². The Kier molecular flexibility index (Phi) is 5.93. The van der Waals surface area contributed by atoms with Crippen molar-refractivity contribution in [1.29, 1.82) is 0 Å². The number of rotatable bonds is 5. The van der Waals surface area contributed by atoms with Crippen LogP contribution < -0.4 is 10.7 Å². The van der Waals surface area contributed by atoms with E-state index in [0.29, 0.717) is 18.0 Å². The topological polar surface area (TPSA) is 49.3 Å². The highest BCUT2D eigenvalue weighted by Gasteiger charge is 2.49. The number of pyridine rings is 1. The maximum absolute atomic E-state index is 6.13. The number of hydrogen-bond acceptors (Lipinski definition) is 4. The van der Waals surface area contributed by atoms with Crippen LogP contribution in [0.2, 0.25) is 5.02 Å². The average Bonchev–Trinajstić information content (AvgIpc) is 3.08. The average molecular weight is 411 g/mol. The van der Waals surface area contributed by atoms with E-state index in [1.807, 2.05) is 24.5 Å². The molecule has 1 aliphatic heterocycles. The van der Waals surface area contributed by atoms with E-state index in [0.717, 1.165) is 16.3 Å². The van der Waals surface area contributed by atoms with Crippen molar-refractivity contribution in [3.63, 3.8) is 0 Å². The van der Waals surface area contributed by atoms with Crippen molar-refractivity contribution in [2.75, 3.05) is 0 Å². The van der Waals surface area contributed by atoms with E-state index in [4.69, 9.17) is 16.7 Å². The van der Waals surface area contributed by atoms with Crippen LogP contribution in [0.4, 0.5) is 0 Å². The van der Waals surface area contributed by atoms with Crippen molar-refractivity contribution in [1.82, 2.24) is 15.7 Å². The van der Waals surface area contributed by atoms with Crippen LogP contribution in [0.15, 0.2) is 53.9 Å². The van der Waals surface area contributed by atoms with Gasteiger partial charge in [-0.15, -0.1) is 0 Å². The zero-order valence-corrected chi connectivity index (χ0v) is 18.3. The zero-order chi connectivity index (χ0) is 20.4. The van der Waals surface area contributed by atoms with Gasteiger partial charge in [0.2, 0.25) is 0 Å². The number of hydrogen-bond donors (Lipinski definition) is 2. The Bertz CT molecular complexity index is 841. The molecular formula is C24H31ClN4. The molecule has 2 atom stereocenters. The van der Waals surface area contributed by atoms with E-state index in [-0.39, 0.29) is 11.5 Å². The molecule has 2 N–H and O–H groups in total. The molecule has 0 spiro atoms. The lowest BCUT2D eigenvalue weighted by Crippen LogP contribution is -2.51. The minimum absolute atomic E-state index is 0.112. The maximum atomic E-state index is 6.13. The quantitative estimate of drug-likeness (QED) is 0.717. The van der Waals surface area contributed by atoms with Crippen LogP contribution in [0.5, 0.6) is 0 Å². The second-order valence-electron chi connectivity index (χ2n) is 8.98. The molecule has 1 fully saturated rings. The monoisotopic (exact) mass is 410 g/mol. The molecule has 0 amide bonds. The Morgan fingerprint density at radius 3 is 2.31 bits per heavy atom. The van der Waals surface area contributed by atoms with Crippen LogP contribution in [-0.2, 0) is 0 Å². The molecule has 4 nitrogen and oxygen atoms in total. The van der Waals surface area contributed by atoms with Gasteiger partial charge in [0.05, 0.1) is 17.2 Å². The maximum Gasteiger partial charge on any atom is 0.0774 e. The lowest BCUT2D eigenvalue weighted by Gasteiger charge is -2.43. The number of nitrogens with zero attached hydrogens (tertiary/aromatic N) is 2. The predicted molar refractivity (Wildman–Crippen MR) is 121 cm³/mol. The Morgan fingerprint density at radius 1 is 1.03 bits per heavy atom. The van der Waals surface area contributed by atoms with E-state index in [9.17, 15) is 0 Å². The lowest BCUT2D eigenvalue weighted by molar-refractivity contribution is 0.160. The highest BCUT2D eigenvalue weighted by molar-refractivity contribution is 6.30. The molecular weight excluding hydrogens is 380 g/mol. The first-order valence-corrected chi connectivity index (χ1v) is 11.1. The van der Waals surface area contributed by atoms with Gasteiger partial charge in [-0.05, 0) is 73.9 Å². The van der Waals surface area contributed by atoms with E-state index in [2.05, 4.69) is 60.8 Å². The van der Waals surface area contributed by atoms with Gasteiger partial charge in [-0.1, -0.05) is 37.6 Å². The molecule has 5 heteroatoms. The lowest BCUT2D eigenvalue weighted by atomic mass is 9.65. The Hall–Kier alpha value is -1.91. The van der Waals surface area contributed by atoms with Crippen molar-refractivity contribution >= 4 is 17.3 Å². The first kappa shape index (κ1) is 20.4. The second-order valence-corrected chi connectivity index (χ2v) is 9.42. The molecule has 0 saturated heterocycles. The summed E-state index contributed by atoms with van der Waals surface area (Å²) in [6, 6.07) is 13.5. The van der Waals surface area contributed by atoms with Crippen LogP contribution in [0.25, 0.3) is 0 Å². The summed E-state index contributed by atoms with van der Waals surface area (Å²) in [6.07, 6.45) is 8.63. The normalized spacial score (nSPS) is 29.6. The van der Waals surface area contributed by atoms with Crippen molar-refractivity contribution in [3.8, 4) is 0 Å². The van der Waals surface area contributed by atoms with Gasteiger partial charge >= 0.3 is 0 Å². The van der Waals surface area contributed by atoms with Crippen LogP contribution in [0, 0.1) is 5.92 Å². The SMILES string of the molecule is CC(C)NC1CCC(C2(C)NN=C(c3ccc(Cl)cc3)C2c2ccncc2)CC1. The standard InChI is InChI=1S/C24H31ClN4/c1-16(2)27-21-10-6-19(7-11-21)24(3)22(17-12-14-26-15-13-17)23(28-29-24)18-4-8-20(25)9-5-18/h4-5,8-9,12-16,19,21-22,27,29H,6-7,10-11H2,1-3H3. The molecule has 2 aromatic rings. The highest BCUT2D eigenvalue weighted by atomic mass is 35.5. The van der Waals surface area contributed by atoms with E-state index in [1.54, 1.807) is 0 Å². The van der Waals surface area contributed by atoms with Gasteiger partial charge in [-0.25, -0.2) is 0 Å². The van der Waals surface area contributed by atoms with Crippen molar-refractivity contribution in [2.24, 2.45) is 11.0 Å². The fourth-order valence-corrected chi connectivity index (χ4v) is 5.29. The molecule has 1 aromatic carbocycles. The molecule has 0 bridgehead atoms. The van der Waals surface area contributed by atoms with Gasteiger partial charge in [0.15, 0.2) is 0 Å². The molecule has 1 saturated carbocycles. The number of halogens is 1. The van der Waals surface area contributed by atoms with Crippen LogP contribution in [-0.4, -0.2) is 28.3 Å². The third kappa shape index (κ3) is 4.19. The van der Waals surface area contributed by atoms with E-state index >= 15 is 0 Å². The summed E-state index contributed by atoms with van der Waals surface area (Å²) in [7, 11) is 0. The van der Waals surface area contributed by atoms with E-state index in [1.165, 1.54) is 31.2 Å². The third-order valence-electron chi connectivity index (χ3n) is 6.61. The summed E-state index contributed by atoms with van der Waals surface area (Å²) >= 11 is 6.13. The number of aromatic nitrogens is 1. The van der Waals surface area contributed by atoms with Crippen LogP contribution >= 0.6 is 11.6 Å². The van der Waals surface area contributed by atoms with E-state index < -0.39 is 0 Å². The second kappa shape index (κ2) is 8.45. The Morgan fingerprint density at radius 2 is 1.69 bits per heavy atom. The number of nitrogens with one attached hydrogen (secondary N) is 2. The fraction of sp³-hybridized carbons (Fsp3) is 0.500. The molecule has 154 valence electrons. The highest BCUT2D eigenvalue weighted by Crippen LogP contribution is 2.45. The molecule has 1 aliphatic carbocycles. The summed E-state index contributed by atoms with van der Waals surface area (Å²) in [6.45, 7) is 6.82. The van der Waals surface area contributed by atoms with Gasteiger partial charge in [-0.2, -0.15) is 5.10 Å². The molecule has 2 heterocycles. The largest absolute Gasteiger partial charge is 0.312 e. The molecule has 1 aromatic heterocycles. The van der Waals surface area contributed by atoms with Crippen molar-refractivity contribution in [2.45, 2.75) is 70.0 Å². The van der Waals surface area contributed by atoms with Gasteiger partial charge in [0.1, 0.15) is 0 Å². The molecule has 29 heavy (non-hydrogen) atoms.